The number of rotatable bonds is 9. The highest BCUT2D eigenvalue weighted by Crippen LogP contribution is 2.32. The normalized spacial score (nSPS) is 12.6. The van der Waals surface area contributed by atoms with Crippen LogP contribution in [0.5, 0.6) is 11.6 Å². The predicted octanol–water partition coefficient (Wildman–Crippen LogP) is 4.01. The Morgan fingerprint density at radius 3 is 2.44 bits per heavy atom. The van der Waals surface area contributed by atoms with Gasteiger partial charge in [-0.15, -0.1) is 0 Å². The summed E-state index contributed by atoms with van der Waals surface area (Å²) in [6.45, 7) is 4.29. The number of aromatic nitrogens is 3. The number of aryl methyl sites for hydroxylation is 2. The maximum atomic E-state index is 13.5. The lowest BCUT2D eigenvalue weighted by Crippen LogP contribution is -2.31. The van der Waals surface area contributed by atoms with Gasteiger partial charge in [-0.3, -0.25) is 9.13 Å². The van der Waals surface area contributed by atoms with Crippen molar-refractivity contribution >= 4 is 20.9 Å². The molecule has 0 amide bonds. The van der Waals surface area contributed by atoms with Crippen molar-refractivity contribution < 1.29 is 17.9 Å². The van der Waals surface area contributed by atoms with Gasteiger partial charge in [0, 0.05) is 13.3 Å². The number of hydrogen-bond donors (Lipinski definition) is 0. The van der Waals surface area contributed by atoms with Crippen molar-refractivity contribution in [1.82, 2.24) is 14.1 Å². The van der Waals surface area contributed by atoms with Crippen LogP contribution in [0.2, 0.25) is 0 Å². The second-order valence-corrected chi connectivity index (χ2v) is 10.9. The van der Waals surface area contributed by atoms with Crippen LogP contribution in [0.3, 0.4) is 0 Å². The topological polar surface area (TPSA) is 92.4 Å². The molecule has 2 heterocycles. The SMILES string of the molecule is CCOc1nc([C@@H](CS(C)(=O)=O)n2c(=O)n(C)c3cc(-c4ccccc4CC)ccc32)ccc1OC. The third kappa shape index (κ3) is 4.88. The zero-order chi connectivity index (χ0) is 26.0. The minimum Gasteiger partial charge on any atom is -0.491 e. The number of sulfone groups is 1. The monoisotopic (exact) mass is 509 g/mol. The molecule has 9 heteroatoms. The number of imidazole rings is 1. The first-order chi connectivity index (χ1) is 17.2. The van der Waals surface area contributed by atoms with Crippen molar-refractivity contribution in [3.63, 3.8) is 0 Å². The van der Waals surface area contributed by atoms with E-state index in [1.165, 1.54) is 17.2 Å². The zero-order valence-electron chi connectivity index (χ0n) is 21.2. The molecule has 4 aromatic rings. The van der Waals surface area contributed by atoms with Crippen LogP contribution < -0.4 is 15.2 Å². The Labute approximate surface area is 211 Å². The Kier molecular flexibility index (Phi) is 7.21. The highest BCUT2D eigenvalue weighted by atomic mass is 32.2. The molecular weight excluding hydrogens is 478 g/mol. The molecule has 0 aliphatic carbocycles. The summed E-state index contributed by atoms with van der Waals surface area (Å²) in [6, 6.07) is 16.5. The first-order valence-corrected chi connectivity index (χ1v) is 13.9. The van der Waals surface area contributed by atoms with Crippen LogP contribution >= 0.6 is 0 Å². The van der Waals surface area contributed by atoms with Crippen LogP contribution in [0.25, 0.3) is 22.2 Å². The van der Waals surface area contributed by atoms with Gasteiger partial charge in [-0.05, 0) is 54.3 Å². The van der Waals surface area contributed by atoms with Gasteiger partial charge < -0.3 is 9.47 Å². The number of fused-ring (bicyclic) bond motifs is 1. The van der Waals surface area contributed by atoms with E-state index in [-0.39, 0.29) is 17.3 Å². The fourth-order valence-electron chi connectivity index (χ4n) is 4.54. The molecular formula is C27H31N3O5S. The zero-order valence-corrected chi connectivity index (χ0v) is 22.0. The van der Waals surface area contributed by atoms with E-state index in [0.717, 1.165) is 23.8 Å². The Bertz CT molecular complexity index is 1570. The van der Waals surface area contributed by atoms with E-state index in [1.54, 1.807) is 23.7 Å². The van der Waals surface area contributed by atoms with E-state index in [4.69, 9.17) is 9.47 Å². The molecule has 36 heavy (non-hydrogen) atoms. The Morgan fingerprint density at radius 1 is 1.03 bits per heavy atom. The summed E-state index contributed by atoms with van der Waals surface area (Å²) in [5.74, 6) is 0.392. The summed E-state index contributed by atoms with van der Waals surface area (Å²) in [5, 5.41) is 0. The molecule has 0 spiro atoms. The number of methoxy groups -OCH3 is 1. The summed E-state index contributed by atoms with van der Waals surface area (Å²) in [4.78, 5) is 18.1. The molecule has 0 fully saturated rings. The maximum Gasteiger partial charge on any atom is 0.329 e. The molecule has 190 valence electrons. The highest BCUT2D eigenvalue weighted by molar-refractivity contribution is 7.90. The van der Waals surface area contributed by atoms with Gasteiger partial charge in [0.25, 0.3) is 5.88 Å². The van der Waals surface area contributed by atoms with E-state index in [2.05, 4.69) is 24.0 Å². The Balaban J connectivity index is 1.94. The van der Waals surface area contributed by atoms with Gasteiger partial charge in [-0.2, -0.15) is 0 Å². The van der Waals surface area contributed by atoms with Gasteiger partial charge in [0.15, 0.2) is 5.75 Å². The number of ether oxygens (including phenoxy) is 2. The van der Waals surface area contributed by atoms with Crippen LogP contribution in [-0.4, -0.2) is 48.3 Å². The molecule has 0 saturated heterocycles. The first-order valence-electron chi connectivity index (χ1n) is 11.8. The Hall–Kier alpha value is -3.59. The van der Waals surface area contributed by atoms with Gasteiger partial charge in [0.05, 0.1) is 42.2 Å². The maximum absolute atomic E-state index is 13.5. The molecule has 2 aromatic carbocycles. The van der Waals surface area contributed by atoms with Crippen LogP contribution in [0.15, 0.2) is 59.4 Å². The predicted molar refractivity (Wildman–Crippen MR) is 142 cm³/mol. The van der Waals surface area contributed by atoms with Crippen LogP contribution in [-0.2, 0) is 23.3 Å². The number of hydrogen-bond acceptors (Lipinski definition) is 6. The standard InChI is InChI=1S/C27H31N3O5S/c1-6-18-10-8-9-11-20(18)19-12-14-22-23(16-19)29(3)27(31)30(22)24(17-36(5,32)33)21-13-15-25(34-4)26(28-21)35-7-2/h8-16,24H,6-7,17H2,1-5H3/t24-/m1/s1. The molecule has 2 aromatic heterocycles. The fraction of sp³-hybridized carbons (Fsp3) is 0.333. The quantitative estimate of drug-likeness (QED) is 0.339. The second kappa shape index (κ2) is 10.2. The molecule has 0 aliphatic rings. The number of nitrogens with zero attached hydrogens (tertiary/aromatic N) is 3. The van der Waals surface area contributed by atoms with Crippen molar-refractivity contribution in [3.05, 3.63) is 76.3 Å². The van der Waals surface area contributed by atoms with Gasteiger partial charge in [0.1, 0.15) is 9.84 Å². The molecule has 8 nitrogen and oxygen atoms in total. The average Bonchev–Trinajstić information content (AvgIpc) is 3.11. The molecule has 0 aliphatic heterocycles. The molecule has 0 saturated carbocycles. The van der Waals surface area contributed by atoms with E-state index in [0.29, 0.717) is 29.1 Å². The fourth-order valence-corrected chi connectivity index (χ4v) is 5.44. The molecule has 1 atom stereocenters. The summed E-state index contributed by atoms with van der Waals surface area (Å²) in [6.07, 6.45) is 2.04. The summed E-state index contributed by atoms with van der Waals surface area (Å²) >= 11 is 0. The van der Waals surface area contributed by atoms with Gasteiger partial charge in [0.2, 0.25) is 0 Å². The molecule has 0 bridgehead atoms. The minimum atomic E-state index is -3.48. The van der Waals surface area contributed by atoms with E-state index in [1.807, 2.05) is 37.3 Å². The minimum absolute atomic E-state index is 0.253. The molecule has 0 N–H and O–H groups in total. The highest BCUT2D eigenvalue weighted by Gasteiger charge is 2.27. The summed E-state index contributed by atoms with van der Waals surface area (Å²) in [7, 11) is -0.272. The van der Waals surface area contributed by atoms with Crippen molar-refractivity contribution in [2.45, 2.75) is 26.3 Å². The Morgan fingerprint density at radius 2 is 1.78 bits per heavy atom. The number of pyridine rings is 1. The van der Waals surface area contributed by atoms with Gasteiger partial charge >= 0.3 is 5.69 Å². The van der Waals surface area contributed by atoms with E-state index in [9.17, 15) is 13.2 Å². The molecule has 0 unspecified atom stereocenters. The average molecular weight is 510 g/mol. The van der Waals surface area contributed by atoms with Crippen LogP contribution in [0.4, 0.5) is 0 Å². The van der Waals surface area contributed by atoms with Crippen molar-refractivity contribution in [2.75, 3.05) is 25.7 Å². The summed E-state index contributed by atoms with van der Waals surface area (Å²) in [5.41, 5.74) is 4.73. The number of benzene rings is 2. The van der Waals surface area contributed by atoms with Crippen LogP contribution in [0.1, 0.15) is 31.1 Å². The van der Waals surface area contributed by atoms with E-state index < -0.39 is 15.9 Å². The lowest BCUT2D eigenvalue weighted by atomic mass is 9.98. The van der Waals surface area contributed by atoms with Crippen LogP contribution in [0, 0.1) is 0 Å². The summed E-state index contributed by atoms with van der Waals surface area (Å²) < 4.78 is 39.0. The van der Waals surface area contributed by atoms with Crippen molar-refractivity contribution in [2.24, 2.45) is 7.05 Å². The van der Waals surface area contributed by atoms with Gasteiger partial charge in [-0.1, -0.05) is 37.3 Å². The van der Waals surface area contributed by atoms with Gasteiger partial charge in [-0.25, -0.2) is 18.2 Å². The molecule has 4 rings (SSSR count). The third-order valence-corrected chi connectivity index (χ3v) is 7.18. The second-order valence-electron chi connectivity index (χ2n) is 8.71. The largest absolute Gasteiger partial charge is 0.491 e. The van der Waals surface area contributed by atoms with Crippen molar-refractivity contribution in [3.8, 4) is 22.8 Å². The first kappa shape index (κ1) is 25.5. The molecule has 0 radical (unpaired) electrons. The third-order valence-electron chi connectivity index (χ3n) is 6.26. The van der Waals surface area contributed by atoms with E-state index >= 15 is 0 Å². The lowest BCUT2D eigenvalue weighted by Gasteiger charge is -2.19. The van der Waals surface area contributed by atoms with Crippen molar-refractivity contribution in [1.29, 1.82) is 0 Å². The lowest BCUT2D eigenvalue weighted by molar-refractivity contribution is 0.296. The smallest absolute Gasteiger partial charge is 0.329 e.